The molecule has 6 heteroatoms. The van der Waals surface area contributed by atoms with Crippen LogP contribution in [0.25, 0.3) is 6.08 Å². The number of ether oxygens (including phenoxy) is 4. The third-order valence-electron chi connectivity index (χ3n) is 4.54. The molecule has 33 heavy (non-hydrogen) atoms. The maximum absolute atomic E-state index is 12.4. The van der Waals surface area contributed by atoms with E-state index in [9.17, 15) is 9.59 Å². The second-order valence-electron chi connectivity index (χ2n) is 7.67. The van der Waals surface area contributed by atoms with E-state index in [4.69, 9.17) is 14.2 Å². The Balaban J connectivity index is 1.69. The van der Waals surface area contributed by atoms with E-state index in [-0.39, 0.29) is 0 Å². The first-order chi connectivity index (χ1) is 16.0. The van der Waals surface area contributed by atoms with Gasteiger partial charge in [-0.3, -0.25) is 0 Å². The average Bonchev–Trinajstić information content (AvgIpc) is 2.82. The monoisotopic (exact) mass is 452 g/mol. The van der Waals surface area contributed by atoms with Crippen LogP contribution in [0.2, 0.25) is 0 Å². The van der Waals surface area contributed by atoms with Crippen molar-refractivity contribution in [1.29, 1.82) is 0 Å². The number of methoxy groups -OCH3 is 1. The average molecular weight is 453 g/mol. The Kier molecular flexibility index (Phi) is 11.3. The van der Waals surface area contributed by atoms with E-state index in [0.717, 1.165) is 43.6 Å². The van der Waals surface area contributed by atoms with Crippen LogP contribution in [0.15, 0.2) is 66.4 Å². The van der Waals surface area contributed by atoms with Crippen molar-refractivity contribution in [3.63, 3.8) is 0 Å². The number of esters is 2. The zero-order valence-corrected chi connectivity index (χ0v) is 19.5. The van der Waals surface area contributed by atoms with Gasteiger partial charge in [0.05, 0.1) is 32.1 Å². The van der Waals surface area contributed by atoms with Gasteiger partial charge in [0.15, 0.2) is 0 Å². The second kappa shape index (κ2) is 14.5. The number of rotatable bonds is 13. The predicted molar refractivity (Wildman–Crippen MR) is 128 cm³/mol. The molecule has 2 aromatic rings. The summed E-state index contributed by atoms with van der Waals surface area (Å²) in [6, 6.07) is 13.7. The van der Waals surface area contributed by atoms with Crippen LogP contribution in [0.4, 0.5) is 0 Å². The number of unbranched alkanes of at least 4 members (excludes halogenated alkanes) is 3. The minimum absolute atomic E-state index is 0.418. The van der Waals surface area contributed by atoms with Crippen molar-refractivity contribution in [1.82, 2.24) is 0 Å². The number of hydrogen-bond donors (Lipinski definition) is 0. The van der Waals surface area contributed by atoms with Gasteiger partial charge in [-0.15, -0.1) is 0 Å². The summed E-state index contributed by atoms with van der Waals surface area (Å²) in [6.45, 7) is 5.41. The van der Waals surface area contributed by atoms with E-state index in [1.54, 1.807) is 60.9 Å². The van der Waals surface area contributed by atoms with Crippen molar-refractivity contribution in [3.05, 3.63) is 77.6 Å². The van der Waals surface area contributed by atoms with Crippen LogP contribution in [0.3, 0.4) is 0 Å². The van der Waals surface area contributed by atoms with Crippen LogP contribution in [-0.2, 0) is 14.3 Å². The third kappa shape index (κ3) is 10.5. The van der Waals surface area contributed by atoms with Crippen molar-refractivity contribution in [2.75, 3.05) is 20.3 Å². The largest absolute Gasteiger partial charge is 0.501 e. The van der Waals surface area contributed by atoms with E-state index < -0.39 is 11.9 Å². The van der Waals surface area contributed by atoms with E-state index in [2.05, 4.69) is 4.74 Å². The normalized spacial score (nSPS) is 10.5. The molecule has 2 aromatic carbocycles. The molecule has 0 saturated heterocycles. The number of carbonyl (C=O) groups is 2. The SMILES string of the molecule is COC(=O)/C=C/c1ccc(OC(=O)c2ccc(OCCCCCCOC=C(C)C)cc2)cc1. The lowest BCUT2D eigenvalue weighted by Crippen LogP contribution is -2.08. The fourth-order valence-corrected chi connectivity index (χ4v) is 2.79. The topological polar surface area (TPSA) is 71.1 Å². The summed E-state index contributed by atoms with van der Waals surface area (Å²) in [5, 5.41) is 0. The molecular weight excluding hydrogens is 420 g/mol. The molecule has 0 bridgehead atoms. The molecule has 0 aliphatic heterocycles. The number of allylic oxidation sites excluding steroid dienone is 1. The van der Waals surface area contributed by atoms with Crippen LogP contribution in [-0.4, -0.2) is 32.3 Å². The zero-order valence-electron chi connectivity index (χ0n) is 19.5. The van der Waals surface area contributed by atoms with Crippen LogP contribution in [0.1, 0.15) is 55.5 Å². The lowest BCUT2D eigenvalue weighted by atomic mass is 10.2. The summed E-state index contributed by atoms with van der Waals surface area (Å²) in [5.74, 6) is 0.260. The standard InChI is InChI=1S/C27H32O6/c1-21(2)20-31-18-6-4-5-7-19-32-24-15-11-23(12-16-24)27(29)33-25-13-8-22(9-14-25)10-17-26(28)30-3/h8-17,20H,4-7,18-19H2,1-3H3/b17-10+. The minimum Gasteiger partial charge on any atom is -0.501 e. The quantitative estimate of drug-likeness (QED) is 0.123. The molecule has 0 aliphatic carbocycles. The summed E-state index contributed by atoms with van der Waals surface area (Å²) >= 11 is 0. The van der Waals surface area contributed by atoms with Gasteiger partial charge >= 0.3 is 11.9 Å². The van der Waals surface area contributed by atoms with Crippen LogP contribution in [0, 0.1) is 0 Å². The summed E-state index contributed by atoms with van der Waals surface area (Å²) in [4.78, 5) is 23.5. The van der Waals surface area contributed by atoms with E-state index in [1.807, 2.05) is 13.8 Å². The molecule has 0 amide bonds. The van der Waals surface area contributed by atoms with Crippen molar-refractivity contribution in [3.8, 4) is 11.5 Å². The zero-order chi connectivity index (χ0) is 23.9. The van der Waals surface area contributed by atoms with Gasteiger partial charge in [0, 0.05) is 6.08 Å². The molecule has 0 fully saturated rings. The molecule has 0 saturated carbocycles. The molecule has 0 heterocycles. The Morgan fingerprint density at radius 2 is 1.45 bits per heavy atom. The van der Waals surface area contributed by atoms with Crippen molar-refractivity contribution in [2.45, 2.75) is 39.5 Å². The number of hydrogen-bond acceptors (Lipinski definition) is 6. The Hall–Kier alpha value is -3.54. The Labute approximate surface area is 195 Å². The highest BCUT2D eigenvalue weighted by Crippen LogP contribution is 2.17. The van der Waals surface area contributed by atoms with Gasteiger partial charge in [-0.05, 0) is 93.1 Å². The molecular formula is C27H32O6. The van der Waals surface area contributed by atoms with Crippen LogP contribution in [0.5, 0.6) is 11.5 Å². The molecule has 0 N–H and O–H groups in total. The van der Waals surface area contributed by atoms with Gasteiger partial charge in [-0.2, -0.15) is 0 Å². The van der Waals surface area contributed by atoms with E-state index in [1.165, 1.54) is 18.8 Å². The maximum Gasteiger partial charge on any atom is 0.343 e. The lowest BCUT2D eigenvalue weighted by Gasteiger charge is -2.08. The fourth-order valence-electron chi connectivity index (χ4n) is 2.79. The summed E-state index contributed by atoms with van der Waals surface area (Å²) < 4.78 is 21.1. The van der Waals surface area contributed by atoms with E-state index >= 15 is 0 Å². The molecule has 0 unspecified atom stereocenters. The highest BCUT2D eigenvalue weighted by Gasteiger charge is 2.09. The molecule has 176 valence electrons. The smallest absolute Gasteiger partial charge is 0.343 e. The molecule has 0 aliphatic rings. The van der Waals surface area contributed by atoms with Gasteiger partial charge in [-0.1, -0.05) is 12.1 Å². The Morgan fingerprint density at radius 1 is 0.818 bits per heavy atom. The summed E-state index contributed by atoms with van der Waals surface area (Å²) in [6.07, 6.45) is 8.94. The van der Waals surface area contributed by atoms with E-state index in [0.29, 0.717) is 17.9 Å². The van der Waals surface area contributed by atoms with Gasteiger partial charge in [-0.25, -0.2) is 9.59 Å². The highest BCUT2D eigenvalue weighted by atomic mass is 16.5. The lowest BCUT2D eigenvalue weighted by molar-refractivity contribution is -0.134. The third-order valence-corrected chi connectivity index (χ3v) is 4.54. The van der Waals surface area contributed by atoms with Gasteiger partial charge < -0.3 is 18.9 Å². The molecule has 0 spiro atoms. The van der Waals surface area contributed by atoms with Crippen molar-refractivity contribution >= 4 is 18.0 Å². The summed E-state index contributed by atoms with van der Waals surface area (Å²) in [7, 11) is 1.32. The molecule has 2 rings (SSSR count). The molecule has 0 atom stereocenters. The maximum atomic E-state index is 12.4. The molecule has 6 nitrogen and oxygen atoms in total. The first kappa shape index (κ1) is 25.7. The second-order valence-corrected chi connectivity index (χ2v) is 7.67. The molecule has 0 aromatic heterocycles. The first-order valence-corrected chi connectivity index (χ1v) is 11.0. The van der Waals surface area contributed by atoms with Gasteiger partial charge in [0.25, 0.3) is 0 Å². The number of carbonyl (C=O) groups excluding carboxylic acids is 2. The Morgan fingerprint density at radius 3 is 2.09 bits per heavy atom. The highest BCUT2D eigenvalue weighted by molar-refractivity contribution is 5.91. The first-order valence-electron chi connectivity index (χ1n) is 11.0. The number of benzene rings is 2. The van der Waals surface area contributed by atoms with Gasteiger partial charge in [0.2, 0.25) is 0 Å². The predicted octanol–water partition coefficient (Wildman–Crippen LogP) is 5.97. The van der Waals surface area contributed by atoms with Crippen LogP contribution < -0.4 is 9.47 Å². The van der Waals surface area contributed by atoms with Crippen molar-refractivity contribution in [2.24, 2.45) is 0 Å². The molecule has 0 radical (unpaired) electrons. The fraction of sp³-hybridized carbons (Fsp3) is 0.333. The summed E-state index contributed by atoms with van der Waals surface area (Å²) in [5.41, 5.74) is 2.40. The minimum atomic E-state index is -0.449. The van der Waals surface area contributed by atoms with Crippen LogP contribution >= 0.6 is 0 Å². The Bertz CT molecular complexity index is 922. The van der Waals surface area contributed by atoms with Gasteiger partial charge in [0.1, 0.15) is 11.5 Å². The van der Waals surface area contributed by atoms with Crippen molar-refractivity contribution < 1.29 is 28.5 Å².